The topological polar surface area (TPSA) is 135 Å². The zero-order chi connectivity index (χ0) is 22.9. The molecule has 10 nitrogen and oxygen atoms in total. The highest BCUT2D eigenvalue weighted by Crippen LogP contribution is 2.34. The lowest BCUT2D eigenvalue weighted by Gasteiger charge is -2.34. The number of oxazole rings is 1. The molecule has 1 fully saturated rings. The number of hydrogen-bond acceptors (Lipinski definition) is 8. The third-order valence-electron chi connectivity index (χ3n) is 5.96. The first-order valence-corrected chi connectivity index (χ1v) is 10.8. The molecule has 3 aromatic heterocycles. The monoisotopic (exact) mass is 447 g/mol. The summed E-state index contributed by atoms with van der Waals surface area (Å²) in [5.74, 6) is 0.578. The molecule has 4 heterocycles. The molecule has 5 rings (SSSR count). The number of fused-ring (bicyclic) bond motifs is 1. The van der Waals surface area contributed by atoms with E-state index in [0.29, 0.717) is 28.9 Å². The van der Waals surface area contributed by atoms with E-state index in [1.54, 1.807) is 23.0 Å². The van der Waals surface area contributed by atoms with Crippen LogP contribution in [0.5, 0.6) is 0 Å². The van der Waals surface area contributed by atoms with Crippen LogP contribution in [0.4, 0.5) is 17.2 Å². The number of carbonyl (C=O) groups is 1. The zero-order valence-corrected chi connectivity index (χ0v) is 18.2. The lowest BCUT2D eigenvalue weighted by Crippen LogP contribution is -2.35. The highest BCUT2D eigenvalue weighted by atomic mass is 16.3. The minimum atomic E-state index is -0.373. The second-order valence-corrected chi connectivity index (χ2v) is 8.31. The number of nitrogens with zero attached hydrogens (tertiary/aromatic N) is 5. The van der Waals surface area contributed by atoms with Crippen molar-refractivity contribution < 1.29 is 14.3 Å². The van der Waals surface area contributed by atoms with Gasteiger partial charge in [-0.25, -0.2) is 9.97 Å². The summed E-state index contributed by atoms with van der Waals surface area (Å²) in [6, 6.07) is 7.28. The lowest BCUT2D eigenvalue weighted by atomic mass is 9.97. The number of benzene rings is 1. The van der Waals surface area contributed by atoms with Crippen LogP contribution in [-0.2, 0) is 7.05 Å². The summed E-state index contributed by atoms with van der Waals surface area (Å²) in [7, 11) is 1.87. The highest BCUT2D eigenvalue weighted by molar-refractivity contribution is 6.06. The second kappa shape index (κ2) is 8.55. The van der Waals surface area contributed by atoms with E-state index in [2.05, 4.69) is 25.3 Å². The summed E-state index contributed by atoms with van der Waals surface area (Å²) in [4.78, 5) is 23.6. The normalized spacial score (nSPS) is 14.7. The fourth-order valence-corrected chi connectivity index (χ4v) is 4.18. The summed E-state index contributed by atoms with van der Waals surface area (Å²) < 4.78 is 7.26. The number of nitrogens with two attached hydrogens (primary N) is 1. The number of amides is 1. The van der Waals surface area contributed by atoms with Crippen molar-refractivity contribution in [3.05, 3.63) is 48.6 Å². The molecule has 1 amide bonds. The number of rotatable bonds is 5. The van der Waals surface area contributed by atoms with Crippen LogP contribution < -0.4 is 16.0 Å². The summed E-state index contributed by atoms with van der Waals surface area (Å²) in [5, 5.41) is 17.9. The van der Waals surface area contributed by atoms with Gasteiger partial charge in [0.2, 0.25) is 5.89 Å². The van der Waals surface area contributed by atoms with E-state index in [1.165, 1.54) is 6.26 Å². The molecule has 0 bridgehead atoms. The van der Waals surface area contributed by atoms with Gasteiger partial charge in [-0.05, 0) is 43.0 Å². The van der Waals surface area contributed by atoms with Crippen molar-refractivity contribution in [2.75, 3.05) is 35.6 Å². The molecule has 0 unspecified atom stereocenters. The van der Waals surface area contributed by atoms with Crippen LogP contribution in [-0.4, -0.2) is 50.5 Å². The summed E-state index contributed by atoms with van der Waals surface area (Å²) in [5.41, 5.74) is 8.98. The predicted octanol–water partition coefficient (Wildman–Crippen LogP) is 2.67. The zero-order valence-electron chi connectivity index (χ0n) is 18.2. The molecule has 33 heavy (non-hydrogen) atoms. The van der Waals surface area contributed by atoms with E-state index in [1.807, 2.05) is 25.4 Å². The Bertz CT molecular complexity index is 1300. The summed E-state index contributed by atoms with van der Waals surface area (Å²) >= 11 is 0. The number of anilines is 3. The Labute approximate surface area is 190 Å². The average Bonchev–Trinajstić information content (AvgIpc) is 3.45. The van der Waals surface area contributed by atoms with E-state index in [0.717, 1.165) is 42.5 Å². The number of nitrogens with one attached hydrogen (secondary N) is 1. The standard InChI is InChI=1S/C23H25N7O3/c1-29-11-16-8-18(20(10-17(16)28-29)30-6-3-14(12-31)4-7-30)26-22(32)19-13-33-23(27-19)15-2-5-25-21(24)9-15/h2,5,8-11,13-14,31H,3-4,6-7,12H2,1H3,(H2,24,25)(H,26,32). The van der Waals surface area contributed by atoms with Crippen molar-refractivity contribution in [1.82, 2.24) is 19.7 Å². The largest absolute Gasteiger partial charge is 0.444 e. The van der Waals surface area contributed by atoms with Gasteiger partial charge in [-0.3, -0.25) is 9.48 Å². The van der Waals surface area contributed by atoms with Crippen molar-refractivity contribution in [3.63, 3.8) is 0 Å². The van der Waals surface area contributed by atoms with Crippen LogP contribution in [0.3, 0.4) is 0 Å². The van der Waals surface area contributed by atoms with Gasteiger partial charge < -0.3 is 25.5 Å². The first kappa shape index (κ1) is 21.0. The van der Waals surface area contributed by atoms with Gasteiger partial charge in [-0.15, -0.1) is 0 Å². The molecule has 4 aromatic rings. The molecule has 0 aliphatic carbocycles. The molecule has 1 saturated heterocycles. The first-order valence-electron chi connectivity index (χ1n) is 10.8. The Morgan fingerprint density at radius 2 is 2.12 bits per heavy atom. The van der Waals surface area contributed by atoms with Crippen LogP contribution >= 0.6 is 0 Å². The molecule has 1 aromatic carbocycles. The van der Waals surface area contributed by atoms with Gasteiger partial charge in [-0.1, -0.05) is 0 Å². The van der Waals surface area contributed by atoms with Crippen molar-refractivity contribution >= 4 is 34.0 Å². The molecular formula is C23H25N7O3. The Morgan fingerprint density at radius 3 is 2.88 bits per heavy atom. The SMILES string of the molecule is Cn1cc2cc(NC(=O)c3coc(-c4ccnc(N)c4)n3)c(N3CCC(CO)CC3)cc2n1. The third-order valence-corrected chi connectivity index (χ3v) is 5.96. The molecule has 4 N–H and O–H groups in total. The maximum atomic E-state index is 13.1. The summed E-state index contributed by atoms with van der Waals surface area (Å²) in [6.45, 7) is 1.79. The smallest absolute Gasteiger partial charge is 0.277 e. The maximum Gasteiger partial charge on any atom is 0.277 e. The number of nitrogen functional groups attached to an aromatic ring is 1. The number of piperidine rings is 1. The number of carbonyl (C=O) groups excluding carboxylic acids is 1. The van der Waals surface area contributed by atoms with Crippen molar-refractivity contribution in [2.24, 2.45) is 13.0 Å². The Morgan fingerprint density at radius 1 is 1.30 bits per heavy atom. The quantitative estimate of drug-likeness (QED) is 0.425. The predicted molar refractivity (Wildman–Crippen MR) is 125 cm³/mol. The number of aryl methyl sites for hydroxylation is 1. The maximum absolute atomic E-state index is 13.1. The van der Waals surface area contributed by atoms with Gasteiger partial charge in [-0.2, -0.15) is 5.10 Å². The average molecular weight is 447 g/mol. The van der Waals surface area contributed by atoms with Crippen LogP contribution in [0.1, 0.15) is 23.3 Å². The molecular weight excluding hydrogens is 422 g/mol. The number of aliphatic hydroxyl groups is 1. The fraction of sp³-hybridized carbons (Fsp3) is 0.304. The molecule has 1 aliphatic heterocycles. The van der Waals surface area contributed by atoms with E-state index in [-0.39, 0.29) is 18.2 Å². The van der Waals surface area contributed by atoms with E-state index >= 15 is 0 Å². The molecule has 0 atom stereocenters. The molecule has 0 saturated carbocycles. The number of pyridine rings is 1. The van der Waals surface area contributed by atoms with Crippen LogP contribution in [0.2, 0.25) is 0 Å². The second-order valence-electron chi connectivity index (χ2n) is 8.31. The van der Waals surface area contributed by atoms with Gasteiger partial charge in [0.15, 0.2) is 5.69 Å². The number of aromatic nitrogens is 4. The van der Waals surface area contributed by atoms with Crippen LogP contribution in [0.15, 0.2) is 47.3 Å². The third kappa shape index (κ3) is 4.24. The van der Waals surface area contributed by atoms with Gasteiger partial charge >= 0.3 is 0 Å². The molecule has 10 heteroatoms. The van der Waals surface area contributed by atoms with E-state index in [4.69, 9.17) is 10.2 Å². The van der Waals surface area contributed by atoms with Crippen LogP contribution in [0.25, 0.3) is 22.4 Å². The van der Waals surface area contributed by atoms with Crippen molar-refractivity contribution in [1.29, 1.82) is 0 Å². The van der Waals surface area contributed by atoms with Gasteiger partial charge in [0.25, 0.3) is 5.91 Å². The van der Waals surface area contributed by atoms with Crippen molar-refractivity contribution in [2.45, 2.75) is 12.8 Å². The van der Waals surface area contributed by atoms with Crippen LogP contribution in [0, 0.1) is 5.92 Å². The Kier molecular flexibility index (Phi) is 5.43. The fourth-order valence-electron chi connectivity index (χ4n) is 4.18. The minimum absolute atomic E-state index is 0.164. The highest BCUT2D eigenvalue weighted by Gasteiger charge is 2.23. The van der Waals surface area contributed by atoms with E-state index < -0.39 is 0 Å². The molecule has 0 spiro atoms. The molecule has 170 valence electrons. The molecule has 1 aliphatic rings. The lowest BCUT2D eigenvalue weighted by molar-refractivity contribution is 0.102. The summed E-state index contributed by atoms with van der Waals surface area (Å²) in [6.07, 6.45) is 6.59. The van der Waals surface area contributed by atoms with E-state index in [9.17, 15) is 9.90 Å². The minimum Gasteiger partial charge on any atom is -0.444 e. The van der Waals surface area contributed by atoms with Gasteiger partial charge in [0, 0.05) is 50.1 Å². The molecule has 0 radical (unpaired) electrons. The number of aliphatic hydroxyl groups excluding tert-OH is 1. The Balaban J connectivity index is 1.43. The number of hydrogen-bond donors (Lipinski definition) is 3. The van der Waals surface area contributed by atoms with Crippen molar-refractivity contribution in [3.8, 4) is 11.5 Å². The first-order chi connectivity index (χ1) is 16.0. The Hall–Kier alpha value is -3.92. The van der Waals surface area contributed by atoms with Gasteiger partial charge in [0.1, 0.15) is 12.1 Å². The van der Waals surface area contributed by atoms with Gasteiger partial charge in [0.05, 0.1) is 16.9 Å².